The summed E-state index contributed by atoms with van der Waals surface area (Å²) in [6.07, 6.45) is 5.59. The number of benzene rings is 1. The highest BCUT2D eigenvalue weighted by molar-refractivity contribution is 6.01. The Labute approximate surface area is 170 Å². The van der Waals surface area contributed by atoms with Crippen LogP contribution in [-0.2, 0) is 9.59 Å². The van der Waals surface area contributed by atoms with Gasteiger partial charge in [0.25, 0.3) is 0 Å². The second kappa shape index (κ2) is 8.59. The summed E-state index contributed by atoms with van der Waals surface area (Å²) in [5.41, 5.74) is 2.12. The predicted molar refractivity (Wildman–Crippen MR) is 113 cm³/mol. The van der Waals surface area contributed by atoms with Crippen LogP contribution in [0.3, 0.4) is 0 Å². The monoisotopic (exact) mass is 393 g/mol. The number of anilines is 2. The van der Waals surface area contributed by atoms with Crippen LogP contribution in [0.5, 0.6) is 0 Å². The minimum Gasteiger partial charge on any atom is -0.358 e. The summed E-state index contributed by atoms with van der Waals surface area (Å²) in [7, 11) is 0. The number of aromatic nitrogens is 2. The van der Waals surface area contributed by atoms with E-state index in [9.17, 15) is 9.59 Å². The number of imide groups is 1. The highest BCUT2D eigenvalue weighted by Gasteiger charge is 2.27. The van der Waals surface area contributed by atoms with Gasteiger partial charge in [-0.2, -0.15) is 0 Å². The molecule has 2 amide bonds. The lowest BCUT2D eigenvalue weighted by Crippen LogP contribution is -2.47. The van der Waals surface area contributed by atoms with Gasteiger partial charge in [-0.05, 0) is 26.2 Å². The minimum atomic E-state index is -0.467. The van der Waals surface area contributed by atoms with Crippen LogP contribution in [0.4, 0.5) is 11.6 Å². The zero-order chi connectivity index (χ0) is 20.2. The van der Waals surface area contributed by atoms with Crippen molar-refractivity contribution in [2.45, 2.75) is 51.5 Å². The average Bonchev–Trinajstić information content (AvgIpc) is 3.00. The molecule has 2 N–H and O–H groups in total. The Morgan fingerprint density at radius 2 is 1.76 bits per heavy atom. The van der Waals surface area contributed by atoms with E-state index in [1.165, 1.54) is 18.4 Å². The van der Waals surface area contributed by atoms with Crippen LogP contribution in [0.25, 0.3) is 11.4 Å². The fourth-order valence-corrected chi connectivity index (χ4v) is 3.81. The Bertz CT molecular complexity index is 889. The lowest BCUT2D eigenvalue weighted by molar-refractivity contribution is -0.133. The molecule has 2 fully saturated rings. The molecule has 1 atom stereocenters. The maximum absolute atomic E-state index is 12.2. The molecule has 3 heterocycles. The Balaban J connectivity index is 1.66. The highest BCUT2D eigenvalue weighted by atomic mass is 16.2. The van der Waals surface area contributed by atoms with Crippen LogP contribution in [0.2, 0.25) is 0 Å². The molecule has 0 aliphatic carbocycles. The van der Waals surface area contributed by atoms with E-state index < -0.39 is 6.04 Å². The first-order chi connectivity index (χ1) is 14.1. The van der Waals surface area contributed by atoms with E-state index in [1.807, 2.05) is 37.3 Å². The van der Waals surface area contributed by atoms with Gasteiger partial charge in [0.2, 0.25) is 11.8 Å². The number of amides is 2. The molecule has 2 aromatic rings. The largest absolute Gasteiger partial charge is 0.358 e. The fourth-order valence-electron chi connectivity index (χ4n) is 3.81. The first kappa shape index (κ1) is 19.4. The van der Waals surface area contributed by atoms with Gasteiger partial charge in [-0.1, -0.05) is 42.7 Å². The molecule has 2 aliphatic heterocycles. The summed E-state index contributed by atoms with van der Waals surface area (Å²) < 4.78 is 0. The number of hydrogen-bond acceptors (Lipinski definition) is 6. The zero-order valence-electron chi connectivity index (χ0n) is 16.8. The van der Waals surface area contributed by atoms with E-state index in [-0.39, 0.29) is 11.8 Å². The molecule has 152 valence electrons. The van der Waals surface area contributed by atoms with Crippen molar-refractivity contribution in [3.8, 4) is 11.4 Å². The van der Waals surface area contributed by atoms with E-state index >= 15 is 0 Å². The van der Waals surface area contributed by atoms with E-state index in [1.54, 1.807) is 0 Å². The van der Waals surface area contributed by atoms with Gasteiger partial charge >= 0.3 is 0 Å². The van der Waals surface area contributed by atoms with Gasteiger partial charge < -0.3 is 10.2 Å². The molecule has 29 heavy (non-hydrogen) atoms. The molecule has 0 bridgehead atoms. The Hall–Kier alpha value is -2.96. The van der Waals surface area contributed by atoms with Gasteiger partial charge in [0, 0.05) is 31.1 Å². The van der Waals surface area contributed by atoms with Crippen molar-refractivity contribution in [1.29, 1.82) is 0 Å². The van der Waals surface area contributed by atoms with Crippen LogP contribution >= 0.6 is 0 Å². The number of nitrogens with zero attached hydrogens (tertiary/aromatic N) is 3. The SMILES string of the molecule is Cc1ccc(-c2nc(NC3CCC(=O)NC3=O)cc(N3CCCCCC3)n2)cc1. The number of aryl methyl sites for hydroxylation is 1. The van der Waals surface area contributed by atoms with Crippen molar-refractivity contribution >= 4 is 23.5 Å². The molecule has 4 rings (SSSR count). The van der Waals surface area contributed by atoms with Crippen LogP contribution in [0, 0.1) is 6.92 Å². The molecular formula is C22H27N5O2. The van der Waals surface area contributed by atoms with E-state index in [2.05, 4.69) is 20.5 Å². The average molecular weight is 393 g/mol. The topological polar surface area (TPSA) is 87.2 Å². The predicted octanol–water partition coefficient (Wildman–Crippen LogP) is 3.05. The normalized spacial score (nSPS) is 20.2. The number of piperidine rings is 1. The summed E-state index contributed by atoms with van der Waals surface area (Å²) >= 11 is 0. The smallest absolute Gasteiger partial charge is 0.249 e. The van der Waals surface area contributed by atoms with Crippen molar-refractivity contribution in [3.05, 3.63) is 35.9 Å². The Morgan fingerprint density at radius 1 is 1.03 bits per heavy atom. The molecule has 0 saturated carbocycles. The van der Waals surface area contributed by atoms with Crippen molar-refractivity contribution in [2.24, 2.45) is 0 Å². The molecule has 1 aromatic heterocycles. The summed E-state index contributed by atoms with van der Waals surface area (Å²) in [5, 5.41) is 5.62. The fraction of sp³-hybridized carbons (Fsp3) is 0.455. The molecule has 0 radical (unpaired) electrons. The molecule has 2 aliphatic rings. The first-order valence-electron chi connectivity index (χ1n) is 10.4. The van der Waals surface area contributed by atoms with Gasteiger partial charge in [-0.3, -0.25) is 14.9 Å². The molecule has 1 aromatic carbocycles. The summed E-state index contributed by atoms with van der Waals surface area (Å²) in [4.78, 5) is 35.5. The van der Waals surface area contributed by atoms with Gasteiger partial charge in [-0.25, -0.2) is 9.97 Å². The molecular weight excluding hydrogens is 366 g/mol. The zero-order valence-corrected chi connectivity index (χ0v) is 16.8. The quantitative estimate of drug-likeness (QED) is 0.777. The summed E-state index contributed by atoms with van der Waals surface area (Å²) in [6, 6.07) is 9.59. The van der Waals surface area contributed by atoms with Crippen LogP contribution in [0.1, 0.15) is 44.1 Å². The van der Waals surface area contributed by atoms with Crippen LogP contribution in [0.15, 0.2) is 30.3 Å². The first-order valence-corrected chi connectivity index (χ1v) is 10.4. The van der Waals surface area contributed by atoms with Gasteiger partial charge in [0.15, 0.2) is 5.82 Å². The lowest BCUT2D eigenvalue weighted by Gasteiger charge is -2.25. The Morgan fingerprint density at radius 3 is 2.45 bits per heavy atom. The van der Waals surface area contributed by atoms with Crippen molar-refractivity contribution in [2.75, 3.05) is 23.3 Å². The molecule has 1 unspecified atom stereocenters. The third-order valence-electron chi connectivity index (χ3n) is 5.51. The number of hydrogen-bond donors (Lipinski definition) is 2. The van der Waals surface area contributed by atoms with Crippen molar-refractivity contribution in [3.63, 3.8) is 0 Å². The van der Waals surface area contributed by atoms with Crippen LogP contribution in [-0.4, -0.2) is 40.9 Å². The lowest BCUT2D eigenvalue weighted by atomic mass is 10.1. The van der Waals surface area contributed by atoms with E-state index in [4.69, 9.17) is 4.98 Å². The highest BCUT2D eigenvalue weighted by Crippen LogP contribution is 2.26. The molecule has 0 spiro atoms. The number of carbonyl (C=O) groups is 2. The molecule has 2 saturated heterocycles. The minimum absolute atomic E-state index is 0.221. The maximum Gasteiger partial charge on any atom is 0.249 e. The number of carbonyl (C=O) groups excluding carboxylic acids is 2. The Kier molecular flexibility index (Phi) is 5.74. The van der Waals surface area contributed by atoms with Gasteiger partial charge in [0.1, 0.15) is 17.7 Å². The number of nitrogens with one attached hydrogen (secondary N) is 2. The van der Waals surface area contributed by atoms with Gasteiger partial charge in [-0.15, -0.1) is 0 Å². The molecule has 7 heteroatoms. The second-order valence-corrected chi connectivity index (χ2v) is 7.85. The summed E-state index contributed by atoms with van der Waals surface area (Å²) in [6.45, 7) is 4.00. The maximum atomic E-state index is 12.2. The van der Waals surface area contributed by atoms with E-state index in [0.717, 1.165) is 37.3 Å². The van der Waals surface area contributed by atoms with Gasteiger partial charge in [0.05, 0.1) is 0 Å². The molecule has 7 nitrogen and oxygen atoms in total. The third-order valence-corrected chi connectivity index (χ3v) is 5.51. The van der Waals surface area contributed by atoms with Crippen molar-refractivity contribution in [1.82, 2.24) is 15.3 Å². The van der Waals surface area contributed by atoms with Crippen molar-refractivity contribution < 1.29 is 9.59 Å². The van der Waals surface area contributed by atoms with Crippen LogP contribution < -0.4 is 15.5 Å². The summed E-state index contributed by atoms with van der Waals surface area (Å²) in [5.74, 6) is 1.62. The van der Waals surface area contributed by atoms with E-state index in [0.29, 0.717) is 24.5 Å². The third kappa shape index (κ3) is 4.72. The standard InChI is InChI=1S/C22H27N5O2/c1-15-6-8-16(9-7-15)21-24-18(23-17-10-11-20(28)26-22(17)29)14-19(25-21)27-12-4-2-3-5-13-27/h6-9,14,17H,2-5,10-13H2,1H3,(H,23,24,25)(H,26,28,29). The second-order valence-electron chi connectivity index (χ2n) is 7.85. The number of rotatable bonds is 4.